The van der Waals surface area contributed by atoms with Crippen molar-refractivity contribution in [2.24, 2.45) is 0 Å². The van der Waals surface area contributed by atoms with E-state index in [1.165, 1.54) is 6.92 Å². The number of hydrogen-bond acceptors (Lipinski definition) is 5. The van der Waals surface area contributed by atoms with E-state index in [2.05, 4.69) is 4.74 Å². The average molecular weight is 319 g/mol. The Labute approximate surface area is 121 Å². The van der Waals surface area contributed by atoms with Crippen molar-refractivity contribution in [2.45, 2.75) is 17.9 Å². The highest BCUT2D eigenvalue weighted by molar-refractivity contribution is 7.89. The van der Waals surface area contributed by atoms with Crippen LogP contribution in [0.4, 0.5) is 4.39 Å². The zero-order valence-electron chi connectivity index (χ0n) is 11.5. The van der Waals surface area contributed by atoms with Crippen LogP contribution in [0.5, 0.6) is 0 Å². The SMILES string of the molecule is COC(=O)c1ccc(S(=O)(=O)N(C)C(C)C(=O)O)cc1F. The molecule has 0 spiro atoms. The first-order valence-electron chi connectivity index (χ1n) is 5.71. The number of nitrogens with zero attached hydrogens (tertiary/aromatic N) is 1. The number of benzene rings is 1. The minimum atomic E-state index is -4.19. The van der Waals surface area contributed by atoms with Gasteiger partial charge >= 0.3 is 11.9 Å². The highest BCUT2D eigenvalue weighted by atomic mass is 32.2. The van der Waals surface area contributed by atoms with Crippen molar-refractivity contribution in [1.82, 2.24) is 4.31 Å². The van der Waals surface area contributed by atoms with Crippen molar-refractivity contribution >= 4 is 22.0 Å². The molecule has 0 saturated carbocycles. The van der Waals surface area contributed by atoms with Crippen molar-refractivity contribution in [3.8, 4) is 0 Å². The molecule has 0 bridgehead atoms. The maximum absolute atomic E-state index is 13.7. The molecule has 1 N–H and O–H groups in total. The minimum Gasteiger partial charge on any atom is -0.480 e. The molecule has 0 aliphatic rings. The predicted molar refractivity (Wildman–Crippen MR) is 69.8 cm³/mol. The first-order valence-corrected chi connectivity index (χ1v) is 7.15. The Bertz CT molecular complexity index is 672. The Morgan fingerprint density at radius 1 is 1.38 bits per heavy atom. The molecule has 9 heteroatoms. The Morgan fingerprint density at radius 3 is 2.38 bits per heavy atom. The fourth-order valence-electron chi connectivity index (χ4n) is 1.46. The number of carbonyl (C=O) groups is 2. The van der Waals surface area contributed by atoms with E-state index in [-0.39, 0.29) is 0 Å². The highest BCUT2D eigenvalue weighted by Crippen LogP contribution is 2.20. The average Bonchev–Trinajstić information content (AvgIpc) is 2.44. The van der Waals surface area contributed by atoms with Crippen molar-refractivity contribution in [3.05, 3.63) is 29.6 Å². The molecular formula is C12H14FNO6S. The first-order chi connectivity index (χ1) is 9.62. The largest absolute Gasteiger partial charge is 0.480 e. The van der Waals surface area contributed by atoms with Crippen molar-refractivity contribution in [1.29, 1.82) is 0 Å². The van der Waals surface area contributed by atoms with Gasteiger partial charge in [0.15, 0.2) is 0 Å². The lowest BCUT2D eigenvalue weighted by Crippen LogP contribution is -2.40. The van der Waals surface area contributed by atoms with E-state index in [9.17, 15) is 22.4 Å². The second kappa shape index (κ2) is 6.19. The van der Waals surface area contributed by atoms with Crippen LogP contribution in [0.1, 0.15) is 17.3 Å². The molecule has 21 heavy (non-hydrogen) atoms. The zero-order valence-corrected chi connectivity index (χ0v) is 12.3. The van der Waals surface area contributed by atoms with Gasteiger partial charge in [0.05, 0.1) is 17.6 Å². The van der Waals surface area contributed by atoms with Crippen LogP contribution < -0.4 is 0 Å². The van der Waals surface area contributed by atoms with Crippen molar-refractivity contribution < 1.29 is 32.2 Å². The molecule has 1 rings (SSSR count). The van der Waals surface area contributed by atoms with Crippen LogP contribution in [-0.4, -0.2) is 50.0 Å². The maximum atomic E-state index is 13.7. The second-order valence-electron chi connectivity index (χ2n) is 4.17. The molecule has 1 aromatic rings. The number of rotatable bonds is 5. The smallest absolute Gasteiger partial charge is 0.340 e. The molecule has 0 heterocycles. The summed E-state index contributed by atoms with van der Waals surface area (Å²) in [5, 5.41) is 8.82. The second-order valence-corrected chi connectivity index (χ2v) is 6.17. The molecule has 0 radical (unpaired) electrons. The van der Waals surface area contributed by atoms with Gasteiger partial charge in [-0.3, -0.25) is 4.79 Å². The van der Waals surface area contributed by atoms with Gasteiger partial charge in [-0.1, -0.05) is 0 Å². The number of esters is 1. The summed E-state index contributed by atoms with van der Waals surface area (Å²) < 4.78 is 43.0. The summed E-state index contributed by atoms with van der Waals surface area (Å²) in [6.45, 7) is 1.18. The van der Waals surface area contributed by atoms with Crippen LogP contribution in [0.3, 0.4) is 0 Å². The molecule has 1 aromatic carbocycles. The number of halogens is 1. The van der Waals surface area contributed by atoms with Crippen LogP contribution in [0.15, 0.2) is 23.1 Å². The molecule has 7 nitrogen and oxygen atoms in total. The van der Waals surface area contributed by atoms with E-state index in [0.717, 1.165) is 26.3 Å². The van der Waals surface area contributed by atoms with Gasteiger partial charge in [-0.2, -0.15) is 4.31 Å². The summed E-state index contributed by atoms with van der Waals surface area (Å²) in [4.78, 5) is 21.6. The van der Waals surface area contributed by atoms with Gasteiger partial charge in [-0.05, 0) is 25.1 Å². The number of hydrogen-bond donors (Lipinski definition) is 1. The van der Waals surface area contributed by atoms with Crippen LogP contribution in [0, 0.1) is 5.82 Å². The van der Waals surface area contributed by atoms with Crippen molar-refractivity contribution in [3.63, 3.8) is 0 Å². The molecule has 1 unspecified atom stereocenters. The number of carboxylic acid groups (broad SMARTS) is 1. The van der Waals surface area contributed by atoms with Crippen LogP contribution in [0.25, 0.3) is 0 Å². The van der Waals surface area contributed by atoms with Gasteiger partial charge in [-0.15, -0.1) is 0 Å². The van der Waals surface area contributed by atoms with Gasteiger partial charge in [-0.25, -0.2) is 17.6 Å². The van der Waals surface area contributed by atoms with Gasteiger partial charge in [0.25, 0.3) is 0 Å². The lowest BCUT2D eigenvalue weighted by molar-refractivity contribution is -0.140. The van der Waals surface area contributed by atoms with Crippen LogP contribution >= 0.6 is 0 Å². The lowest BCUT2D eigenvalue weighted by Gasteiger charge is -2.21. The van der Waals surface area contributed by atoms with Gasteiger partial charge < -0.3 is 9.84 Å². The Morgan fingerprint density at radius 2 is 1.95 bits per heavy atom. The number of sulfonamides is 1. The Balaban J connectivity index is 3.25. The fraction of sp³-hybridized carbons (Fsp3) is 0.333. The number of aliphatic carboxylic acids is 1. The van der Waals surface area contributed by atoms with Gasteiger partial charge in [0, 0.05) is 7.05 Å². The monoisotopic (exact) mass is 319 g/mol. The lowest BCUT2D eigenvalue weighted by atomic mass is 10.2. The van der Waals surface area contributed by atoms with Gasteiger partial charge in [0.2, 0.25) is 10.0 Å². The highest BCUT2D eigenvalue weighted by Gasteiger charge is 2.30. The number of methoxy groups -OCH3 is 1. The summed E-state index contributed by atoms with van der Waals surface area (Å²) in [6, 6.07) is 1.30. The van der Waals surface area contributed by atoms with E-state index in [1.54, 1.807) is 0 Å². The molecule has 0 aliphatic carbocycles. The summed E-state index contributed by atoms with van der Waals surface area (Å²) in [5.41, 5.74) is -0.412. The molecule has 0 amide bonds. The zero-order chi connectivity index (χ0) is 16.4. The van der Waals surface area contributed by atoms with Gasteiger partial charge in [0.1, 0.15) is 11.9 Å². The maximum Gasteiger partial charge on any atom is 0.340 e. The van der Waals surface area contributed by atoms with Crippen molar-refractivity contribution in [2.75, 3.05) is 14.2 Å². The summed E-state index contributed by atoms with van der Waals surface area (Å²) in [7, 11) is -2.06. The number of carboxylic acids is 1. The third-order valence-electron chi connectivity index (χ3n) is 2.93. The molecular weight excluding hydrogens is 305 g/mol. The molecule has 0 fully saturated rings. The quantitative estimate of drug-likeness (QED) is 0.802. The first kappa shape index (κ1) is 17.1. The molecule has 0 saturated heterocycles. The Hall–Kier alpha value is -2.00. The van der Waals surface area contributed by atoms with E-state index < -0.39 is 44.3 Å². The Kier molecular flexibility index (Phi) is 5.02. The molecule has 0 aliphatic heterocycles. The third-order valence-corrected chi connectivity index (χ3v) is 4.85. The summed E-state index contributed by atoms with van der Waals surface area (Å²) in [6.07, 6.45) is 0. The fourth-order valence-corrected chi connectivity index (χ4v) is 2.79. The van der Waals surface area contributed by atoms with E-state index in [1.807, 2.05) is 0 Å². The number of ether oxygens (including phenoxy) is 1. The summed E-state index contributed by atoms with van der Waals surface area (Å²) >= 11 is 0. The topological polar surface area (TPSA) is 101 Å². The number of likely N-dealkylation sites (N-methyl/N-ethyl adjacent to an activating group) is 1. The molecule has 116 valence electrons. The normalized spacial score (nSPS) is 13.0. The predicted octanol–water partition coefficient (Wildman–Crippen LogP) is 0.706. The standard InChI is InChI=1S/C12H14FNO6S/c1-7(11(15)16)14(2)21(18,19)8-4-5-9(10(13)6-8)12(17)20-3/h4-7H,1-3H3,(H,15,16). The van der Waals surface area contributed by atoms with E-state index in [0.29, 0.717) is 10.4 Å². The van der Waals surface area contributed by atoms with Crippen LogP contribution in [0.2, 0.25) is 0 Å². The molecule has 0 aromatic heterocycles. The third kappa shape index (κ3) is 3.37. The summed E-state index contributed by atoms with van der Waals surface area (Å²) in [5.74, 6) is -3.35. The van der Waals surface area contributed by atoms with E-state index in [4.69, 9.17) is 5.11 Å². The van der Waals surface area contributed by atoms with E-state index >= 15 is 0 Å². The molecule has 1 atom stereocenters. The number of carbonyl (C=O) groups excluding carboxylic acids is 1. The minimum absolute atomic E-state index is 0.412. The van der Waals surface area contributed by atoms with Crippen LogP contribution in [-0.2, 0) is 19.6 Å².